The maximum Gasteiger partial charge on any atom is 0.161 e. The summed E-state index contributed by atoms with van der Waals surface area (Å²) in [6.45, 7) is 8.56. The summed E-state index contributed by atoms with van der Waals surface area (Å²) in [6, 6.07) is 7.94. The first-order valence-corrected chi connectivity index (χ1v) is 7.66. The molecule has 0 amide bonds. The number of hydrogen-bond acceptors (Lipinski definition) is 3. The fourth-order valence-corrected chi connectivity index (χ4v) is 2.23. The van der Waals surface area contributed by atoms with E-state index in [4.69, 9.17) is 14.2 Å². The second-order valence-corrected chi connectivity index (χ2v) is 5.11. The highest BCUT2D eigenvalue weighted by Gasteiger charge is 2.13. The Kier molecular flexibility index (Phi) is 6.68. The van der Waals surface area contributed by atoms with Gasteiger partial charge in [-0.05, 0) is 18.6 Å². The lowest BCUT2D eigenvalue weighted by Gasteiger charge is -2.23. The smallest absolute Gasteiger partial charge is 0.161 e. The van der Waals surface area contributed by atoms with Crippen LogP contribution in [0.5, 0.6) is 11.5 Å². The average molecular weight is 280 g/mol. The van der Waals surface area contributed by atoms with Gasteiger partial charge in [-0.15, -0.1) is 0 Å². The fraction of sp³-hybridized carbons (Fsp3) is 0.625. The van der Waals surface area contributed by atoms with Crippen LogP contribution in [-0.2, 0) is 4.74 Å². The zero-order valence-corrected chi connectivity index (χ0v) is 12.4. The summed E-state index contributed by atoms with van der Waals surface area (Å²) >= 11 is 0. The van der Waals surface area contributed by atoms with Crippen molar-refractivity contribution in [2.75, 3.05) is 46.1 Å². The number of ether oxygens (including phenoxy) is 3. The van der Waals surface area contributed by atoms with Crippen LogP contribution in [0.25, 0.3) is 0 Å². The molecule has 1 fully saturated rings. The molecule has 1 aromatic rings. The first-order valence-electron chi connectivity index (χ1n) is 7.66. The molecule has 4 nitrogen and oxygen atoms in total. The van der Waals surface area contributed by atoms with Gasteiger partial charge in [-0.1, -0.05) is 25.5 Å². The zero-order valence-electron chi connectivity index (χ0n) is 12.4. The number of nitrogens with one attached hydrogen (secondary N) is 1. The molecular formula is C16H26NO3+. The van der Waals surface area contributed by atoms with Crippen molar-refractivity contribution in [1.29, 1.82) is 0 Å². The first-order chi connectivity index (χ1) is 9.90. The van der Waals surface area contributed by atoms with E-state index in [1.807, 2.05) is 24.3 Å². The number of hydrogen-bond donors (Lipinski definition) is 1. The van der Waals surface area contributed by atoms with E-state index in [0.29, 0.717) is 0 Å². The largest absolute Gasteiger partial charge is 0.490 e. The average Bonchev–Trinajstić information content (AvgIpc) is 2.50. The van der Waals surface area contributed by atoms with Gasteiger partial charge in [-0.2, -0.15) is 0 Å². The number of benzene rings is 1. The van der Waals surface area contributed by atoms with E-state index < -0.39 is 0 Å². The highest BCUT2D eigenvalue weighted by atomic mass is 16.5. The molecular weight excluding hydrogens is 254 g/mol. The molecule has 4 heteroatoms. The Hall–Kier alpha value is -1.26. The summed E-state index contributed by atoms with van der Waals surface area (Å²) in [6.07, 6.45) is 2.22. The Labute approximate surface area is 121 Å². The molecule has 1 N–H and O–H groups in total. The summed E-state index contributed by atoms with van der Waals surface area (Å²) in [5, 5.41) is 0. The van der Waals surface area contributed by atoms with Crippen molar-refractivity contribution in [3.63, 3.8) is 0 Å². The molecule has 1 aliphatic heterocycles. The molecule has 0 atom stereocenters. The molecule has 0 unspecified atom stereocenters. The topological polar surface area (TPSA) is 32.1 Å². The molecule has 1 aromatic carbocycles. The number of quaternary nitrogens is 1. The van der Waals surface area contributed by atoms with E-state index in [0.717, 1.165) is 70.4 Å². The van der Waals surface area contributed by atoms with Crippen LogP contribution in [0.1, 0.15) is 19.8 Å². The van der Waals surface area contributed by atoms with Crippen molar-refractivity contribution in [2.45, 2.75) is 19.8 Å². The summed E-state index contributed by atoms with van der Waals surface area (Å²) in [7, 11) is 0. The molecule has 1 heterocycles. The second-order valence-electron chi connectivity index (χ2n) is 5.11. The van der Waals surface area contributed by atoms with Crippen molar-refractivity contribution in [3.8, 4) is 11.5 Å². The predicted octanol–water partition coefficient (Wildman–Crippen LogP) is 1.16. The molecule has 112 valence electrons. The normalized spacial score (nSPS) is 16.1. The van der Waals surface area contributed by atoms with Crippen LogP contribution in [0.4, 0.5) is 0 Å². The van der Waals surface area contributed by atoms with Crippen molar-refractivity contribution < 1.29 is 19.1 Å². The predicted molar refractivity (Wildman–Crippen MR) is 78.7 cm³/mol. The Morgan fingerprint density at radius 3 is 2.35 bits per heavy atom. The van der Waals surface area contributed by atoms with Crippen molar-refractivity contribution >= 4 is 0 Å². The van der Waals surface area contributed by atoms with Crippen LogP contribution < -0.4 is 14.4 Å². The minimum Gasteiger partial charge on any atom is -0.490 e. The monoisotopic (exact) mass is 280 g/mol. The Morgan fingerprint density at radius 1 is 1.05 bits per heavy atom. The summed E-state index contributed by atoms with van der Waals surface area (Å²) < 4.78 is 17.0. The van der Waals surface area contributed by atoms with Crippen LogP contribution in [0.2, 0.25) is 0 Å². The summed E-state index contributed by atoms with van der Waals surface area (Å²) in [4.78, 5) is 1.56. The molecule has 0 aromatic heterocycles. The van der Waals surface area contributed by atoms with Gasteiger partial charge in [0, 0.05) is 0 Å². The fourth-order valence-electron chi connectivity index (χ4n) is 2.23. The van der Waals surface area contributed by atoms with Gasteiger partial charge < -0.3 is 19.1 Å². The van der Waals surface area contributed by atoms with E-state index in [1.165, 1.54) is 0 Å². The standard InChI is InChI=1S/C16H25NO3/c1-2-3-11-19-15-6-4-5-7-16(15)20-14-10-17-8-12-18-13-9-17/h4-7H,2-3,8-14H2,1H3/p+1. The van der Waals surface area contributed by atoms with Crippen LogP contribution in [0.3, 0.4) is 0 Å². The molecule has 0 bridgehead atoms. The minimum absolute atomic E-state index is 0.726. The van der Waals surface area contributed by atoms with E-state index in [1.54, 1.807) is 4.90 Å². The molecule has 0 aliphatic carbocycles. The number of morpholine rings is 1. The molecule has 1 aliphatic rings. The lowest BCUT2D eigenvalue weighted by molar-refractivity contribution is -0.908. The molecule has 0 spiro atoms. The lowest BCUT2D eigenvalue weighted by atomic mass is 10.3. The van der Waals surface area contributed by atoms with Gasteiger partial charge in [0.2, 0.25) is 0 Å². The summed E-state index contributed by atoms with van der Waals surface area (Å²) in [5.74, 6) is 1.72. The molecule has 1 saturated heterocycles. The maximum absolute atomic E-state index is 5.88. The minimum atomic E-state index is 0.726. The maximum atomic E-state index is 5.88. The van der Waals surface area contributed by atoms with E-state index in [9.17, 15) is 0 Å². The summed E-state index contributed by atoms with van der Waals surface area (Å²) in [5.41, 5.74) is 0. The highest BCUT2D eigenvalue weighted by Crippen LogP contribution is 2.26. The van der Waals surface area contributed by atoms with Crippen molar-refractivity contribution in [2.24, 2.45) is 0 Å². The van der Waals surface area contributed by atoms with E-state index in [2.05, 4.69) is 6.92 Å². The van der Waals surface area contributed by atoms with Gasteiger partial charge in [0.15, 0.2) is 11.5 Å². The Morgan fingerprint density at radius 2 is 1.70 bits per heavy atom. The van der Waals surface area contributed by atoms with Gasteiger partial charge in [0.05, 0.1) is 19.8 Å². The van der Waals surface area contributed by atoms with E-state index in [-0.39, 0.29) is 0 Å². The second kappa shape index (κ2) is 8.82. The van der Waals surface area contributed by atoms with Gasteiger partial charge in [0.25, 0.3) is 0 Å². The number of para-hydroxylation sites is 2. The molecule has 2 rings (SSSR count). The van der Waals surface area contributed by atoms with Crippen LogP contribution in [0, 0.1) is 0 Å². The molecule has 20 heavy (non-hydrogen) atoms. The van der Waals surface area contributed by atoms with Gasteiger partial charge in [-0.3, -0.25) is 0 Å². The van der Waals surface area contributed by atoms with Crippen molar-refractivity contribution in [1.82, 2.24) is 0 Å². The Balaban J connectivity index is 1.76. The van der Waals surface area contributed by atoms with Gasteiger partial charge >= 0.3 is 0 Å². The SMILES string of the molecule is CCCCOc1ccccc1OCC[NH+]1CCOCC1. The van der Waals surface area contributed by atoms with Crippen molar-refractivity contribution in [3.05, 3.63) is 24.3 Å². The van der Waals surface area contributed by atoms with Crippen LogP contribution >= 0.6 is 0 Å². The quantitative estimate of drug-likeness (QED) is 0.725. The third-order valence-corrected chi connectivity index (χ3v) is 3.52. The Bertz CT molecular complexity index is 378. The molecule has 0 saturated carbocycles. The third kappa shape index (κ3) is 5.02. The van der Waals surface area contributed by atoms with Gasteiger partial charge in [-0.25, -0.2) is 0 Å². The van der Waals surface area contributed by atoms with Crippen LogP contribution in [0.15, 0.2) is 24.3 Å². The van der Waals surface area contributed by atoms with E-state index >= 15 is 0 Å². The number of rotatable bonds is 8. The van der Waals surface area contributed by atoms with Gasteiger partial charge in [0.1, 0.15) is 26.2 Å². The zero-order chi connectivity index (χ0) is 14.0. The van der Waals surface area contributed by atoms with Crippen LogP contribution in [-0.4, -0.2) is 46.1 Å². The molecule has 0 radical (unpaired) electrons. The number of unbranched alkanes of at least 4 members (excludes halogenated alkanes) is 1. The first kappa shape index (κ1) is 15.1. The third-order valence-electron chi connectivity index (χ3n) is 3.52. The lowest BCUT2D eigenvalue weighted by Crippen LogP contribution is -3.14. The highest BCUT2D eigenvalue weighted by molar-refractivity contribution is 5.39.